The minimum absolute atomic E-state index is 0.0538. The van der Waals surface area contributed by atoms with Crippen LogP contribution in [-0.4, -0.2) is 25.0 Å². The summed E-state index contributed by atoms with van der Waals surface area (Å²) in [5.41, 5.74) is 10.9. The normalized spacial score (nSPS) is 12.5. The summed E-state index contributed by atoms with van der Waals surface area (Å²) in [6.45, 7) is 3.40. The lowest BCUT2D eigenvalue weighted by atomic mass is 10.1. The quantitative estimate of drug-likeness (QED) is 0.489. The zero-order valence-corrected chi connectivity index (χ0v) is 8.38. The largest absolute Gasteiger partial charge is 0.355 e. The average Bonchev–Trinajstić information content (AvgIpc) is 2.14. The number of rotatable bonds is 7. The van der Waals surface area contributed by atoms with Gasteiger partial charge in [-0.3, -0.25) is 4.79 Å². The van der Waals surface area contributed by atoms with E-state index < -0.39 is 0 Å². The monoisotopic (exact) mass is 187 g/mol. The Balaban J connectivity index is 3.45. The van der Waals surface area contributed by atoms with Crippen LogP contribution >= 0.6 is 0 Å². The predicted octanol–water partition coefficient (Wildman–Crippen LogP) is -0.0311. The van der Waals surface area contributed by atoms with Gasteiger partial charge in [-0.2, -0.15) is 0 Å². The van der Waals surface area contributed by atoms with Crippen LogP contribution in [0.15, 0.2) is 0 Å². The molecule has 78 valence electrons. The lowest BCUT2D eigenvalue weighted by molar-refractivity contribution is -0.122. The molecule has 13 heavy (non-hydrogen) atoms. The van der Waals surface area contributed by atoms with Gasteiger partial charge in [0.2, 0.25) is 5.91 Å². The number of carbonyl (C=O) groups excluding carboxylic acids is 1. The molecule has 0 aromatic rings. The molecular formula is C9H21N3O. The molecule has 0 aliphatic rings. The van der Waals surface area contributed by atoms with Gasteiger partial charge in [0.05, 0.1) is 6.04 Å². The molecule has 0 bridgehead atoms. The summed E-state index contributed by atoms with van der Waals surface area (Å²) in [6.07, 6.45) is 3.57. The zero-order valence-electron chi connectivity index (χ0n) is 8.38. The fourth-order valence-corrected chi connectivity index (χ4v) is 0.988. The van der Waals surface area contributed by atoms with Crippen LogP contribution in [0.1, 0.15) is 32.6 Å². The van der Waals surface area contributed by atoms with E-state index in [2.05, 4.69) is 12.2 Å². The van der Waals surface area contributed by atoms with Gasteiger partial charge in [0.25, 0.3) is 0 Å². The van der Waals surface area contributed by atoms with Crippen molar-refractivity contribution in [2.45, 2.75) is 38.6 Å². The molecule has 0 radical (unpaired) electrons. The third-order valence-electron chi connectivity index (χ3n) is 1.89. The topological polar surface area (TPSA) is 81.1 Å². The van der Waals surface area contributed by atoms with Gasteiger partial charge in [0.15, 0.2) is 0 Å². The van der Waals surface area contributed by atoms with Crippen LogP contribution in [0.5, 0.6) is 0 Å². The van der Waals surface area contributed by atoms with Gasteiger partial charge in [0.1, 0.15) is 0 Å². The summed E-state index contributed by atoms with van der Waals surface area (Å²) in [5.74, 6) is -0.0538. The van der Waals surface area contributed by atoms with Crippen molar-refractivity contribution in [2.24, 2.45) is 11.5 Å². The van der Waals surface area contributed by atoms with E-state index in [4.69, 9.17) is 11.5 Å². The lowest BCUT2D eigenvalue weighted by Crippen LogP contribution is -2.41. The first-order chi connectivity index (χ1) is 6.22. The molecule has 0 aliphatic heterocycles. The highest BCUT2D eigenvalue weighted by molar-refractivity contribution is 5.81. The third-order valence-corrected chi connectivity index (χ3v) is 1.89. The molecule has 0 spiro atoms. The Hall–Kier alpha value is -0.610. The Labute approximate surface area is 80.0 Å². The SMILES string of the molecule is CCCCNC(=O)[C@@H](N)CCCN. The van der Waals surface area contributed by atoms with Crippen LogP contribution in [-0.2, 0) is 4.79 Å². The van der Waals surface area contributed by atoms with Gasteiger partial charge in [-0.25, -0.2) is 0 Å². The van der Waals surface area contributed by atoms with Gasteiger partial charge in [-0.15, -0.1) is 0 Å². The molecule has 1 atom stereocenters. The molecule has 0 aromatic heterocycles. The van der Waals surface area contributed by atoms with E-state index in [9.17, 15) is 4.79 Å². The van der Waals surface area contributed by atoms with Crippen molar-refractivity contribution in [2.75, 3.05) is 13.1 Å². The van der Waals surface area contributed by atoms with Gasteiger partial charge in [0, 0.05) is 6.54 Å². The number of hydrogen-bond donors (Lipinski definition) is 3. The molecule has 0 aliphatic carbocycles. The Morgan fingerprint density at radius 1 is 1.46 bits per heavy atom. The van der Waals surface area contributed by atoms with E-state index in [0.717, 1.165) is 25.8 Å². The molecule has 0 rings (SSSR count). The molecule has 0 saturated heterocycles. The van der Waals surface area contributed by atoms with Crippen molar-refractivity contribution in [1.82, 2.24) is 5.32 Å². The van der Waals surface area contributed by atoms with E-state index in [1.807, 2.05) is 0 Å². The standard InChI is InChI=1S/C9H21N3O/c1-2-3-7-12-9(13)8(11)5-4-6-10/h8H,2-7,10-11H2,1H3,(H,12,13)/t8-/m0/s1. The van der Waals surface area contributed by atoms with E-state index in [0.29, 0.717) is 13.0 Å². The van der Waals surface area contributed by atoms with E-state index in [-0.39, 0.29) is 11.9 Å². The van der Waals surface area contributed by atoms with Gasteiger partial charge in [-0.1, -0.05) is 13.3 Å². The number of nitrogens with two attached hydrogens (primary N) is 2. The molecule has 4 nitrogen and oxygen atoms in total. The van der Waals surface area contributed by atoms with E-state index in [1.165, 1.54) is 0 Å². The molecule has 4 heteroatoms. The Bertz CT molecular complexity index is 139. The Morgan fingerprint density at radius 3 is 2.69 bits per heavy atom. The molecule has 1 amide bonds. The first kappa shape index (κ1) is 12.4. The maximum absolute atomic E-state index is 11.2. The van der Waals surface area contributed by atoms with Crippen LogP contribution in [0, 0.1) is 0 Å². The number of carbonyl (C=O) groups is 1. The maximum Gasteiger partial charge on any atom is 0.236 e. The van der Waals surface area contributed by atoms with Crippen molar-refractivity contribution in [1.29, 1.82) is 0 Å². The summed E-state index contributed by atoms with van der Waals surface area (Å²) in [7, 11) is 0. The summed E-state index contributed by atoms with van der Waals surface area (Å²) < 4.78 is 0. The molecule has 0 fully saturated rings. The second kappa shape index (κ2) is 8.01. The summed E-state index contributed by atoms with van der Waals surface area (Å²) in [5, 5.41) is 2.79. The summed E-state index contributed by atoms with van der Waals surface area (Å²) in [6, 6.07) is -0.389. The van der Waals surface area contributed by atoms with E-state index >= 15 is 0 Å². The van der Waals surface area contributed by atoms with Crippen molar-refractivity contribution >= 4 is 5.91 Å². The smallest absolute Gasteiger partial charge is 0.236 e. The maximum atomic E-state index is 11.2. The third kappa shape index (κ3) is 6.54. The fourth-order valence-electron chi connectivity index (χ4n) is 0.988. The molecule has 0 aromatic carbocycles. The van der Waals surface area contributed by atoms with Crippen LogP contribution in [0.2, 0.25) is 0 Å². The predicted molar refractivity (Wildman–Crippen MR) is 54.2 cm³/mol. The van der Waals surface area contributed by atoms with Crippen molar-refractivity contribution < 1.29 is 4.79 Å². The molecular weight excluding hydrogens is 166 g/mol. The second-order valence-electron chi connectivity index (χ2n) is 3.18. The number of amides is 1. The molecule has 5 N–H and O–H groups in total. The highest BCUT2D eigenvalue weighted by atomic mass is 16.2. The van der Waals surface area contributed by atoms with E-state index in [1.54, 1.807) is 0 Å². The average molecular weight is 187 g/mol. The van der Waals surface area contributed by atoms with Gasteiger partial charge < -0.3 is 16.8 Å². The van der Waals surface area contributed by atoms with Crippen LogP contribution in [0.3, 0.4) is 0 Å². The second-order valence-corrected chi connectivity index (χ2v) is 3.18. The molecule has 0 unspecified atom stereocenters. The van der Waals surface area contributed by atoms with Gasteiger partial charge in [-0.05, 0) is 25.8 Å². The van der Waals surface area contributed by atoms with Crippen LogP contribution in [0.4, 0.5) is 0 Å². The molecule has 0 saturated carbocycles. The summed E-state index contributed by atoms with van der Waals surface area (Å²) in [4.78, 5) is 11.2. The Kier molecular flexibility index (Phi) is 7.63. The highest BCUT2D eigenvalue weighted by Gasteiger charge is 2.10. The highest BCUT2D eigenvalue weighted by Crippen LogP contribution is 1.93. The van der Waals surface area contributed by atoms with Crippen LogP contribution < -0.4 is 16.8 Å². The lowest BCUT2D eigenvalue weighted by Gasteiger charge is -2.10. The number of unbranched alkanes of at least 4 members (excludes halogenated alkanes) is 1. The minimum atomic E-state index is -0.389. The first-order valence-electron chi connectivity index (χ1n) is 4.95. The van der Waals surface area contributed by atoms with Gasteiger partial charge >= 0.3 is 0 Å². The fraction of sp³-hybridized carbons (Fsp3) is 0.889. The van der Waals surface area contributed by atoms with Crippen molar-refractivity contribution in [3.8, 4) is 0 Å². The minimum Gasteiger partial charge on any atom is -0.355 e. The Morgan fingerprint density at radius 2 is 2.15 bits per heavy atom. The number of nitrogens with one attached hydrogen (secondary N) is 1. The first-order valence-corrected chi connectivity index (χ1v) is 4.95. The van der Waals surface area contributed by atoms with Crippen molar-refractivity contribution in [3.63, 3.8) is 0 Å². The van der Waals surface area contributed by atoms with Crippen molar-refractivity contribution in [3.05, 3.63) is 0 Å². The summed E-state index contributed by atoms with van der Waals surface area (Å²) >= 11 is 0. The van der Waals surface area contributed by atoms with Crippen LogP contribution in [0.25, 0.3) is 0 Å². The number of hydrogen-bond acceptors (Lipinski definition) is 3. The molecule has 0 heterocycles. The zero-order chi connectivity index (χ0) is 10.1.